The third-order valence-electron chi connectivity index (χ3n) is 4.34. The number of amides is 1. The summed E-state index contributed by atoms with van der Waals surface area (Å²) in [6, 6.07) is 10.9. The van der Waals surface area contributed by atoms with Gasteiger partial charge in [-0.3, -0.25) is 4.79 Å². The first-order valence-corrected chi connectivity index (χ1v) is 9.82. The monoisotopic (exact) mass is 426 g/mol. The molecule has 2 aromatic carbocycles. The maximum absolute atomic E-state index is 13.0. The molecule has 0 spiro atoms. The van der Waals surface area contributed by atoms with Gasteiger partial charge in [0, 0.05) is 18.2 Å². The van der Waals surface area contributed by atoms with Crippen LogP contribution in [0.15, 0.2) is 42.5 Å². The summed E-state index contributed by atoms with van der Waals surface area (Å²) < 4.78 is 31.7. The van der Waals surface area contributed by atoms with Crippen molar-refractivity contribution in [2.24, 2.45) is 0 Å². The Balaban J connectivity index is 1.35. The van der Waals surface area contributed by atoms with Crippen LogP contribution in [0.25, 0.3) is 15.3 Å². The fourth-order valence-electron chi connectivity index (χ4n) is 2.99. The molecule has 4 aromatic rings. The second kappa shape index (κ2) is 7.30. The van der Waals surface area contributed by atoms with Gasteiger partial charge in [0.2, 0.25) is 11.9 Å². The molecule has 3 heterocycles. The summed E-state index contributed by atoms with van der Waals surface area (Å²) in [6.45, 7) is 1.80. The fraction of sp³-hybridized carbons (Fsp3) is 0.150. The third kappa shape index (κ3) is 3.52. The van der Waals surface area contributed by atoms with Gasteiger partial charge in [0.15, 0.2) is 18.1 Å². The molecular formula is C20H15FN4O4S. The van der Waals surface area contributed by atoms with Crippen molar-refractivity contribution in [1.29, 1.82) is 0 Å². The summed E-state index contributed by atoms with van der Waals surface area (Å²) in [5.74, 6) is 1.47. The van der Waals surface area contributed by atoms with Gasteiger partial charge in [-0.15, -0.1) is 0 Å². The molecule has 0 fully saturated rings. The number of rotatable bonds is 5. The molecule has 0 atom stereocenters. The standard InChI is InChI=1S/C20H15FN4O4S/c1-11-6-18(23-19(26)9-27-13-4-2-12(21)3-5-13)25(24-11)20-22-14-7-15-16(29-10-28-15)8-17(14)30-20/h2-8H,9-10H2,1H3,(H,23,26). The van der Waals surface area contributed by atoms with Crippen molar-refractivity contribution in [3.05, 3.63) is 54.0 Å². The van der Waals surface area contributed by atoms with Crippen molar-refractivity contribution in [2.75, 3.05) is 18.7 Å². The van der Waals surface area contributed by atoms with Crippen molar-refractivity contribution in [2.45, 2.75) is 6.92 Å². The fourth-order valence-corrected chi connectivity index (χ4v) is 3.93. The second-order valence-electron chi connectivity index (χ2n) is 6.54. The van der Waals surface area contributed by atoms with Crippen LogP contribution in [0.4, 0.5) is 10.2 Å². The molecule has 5 rings (SSSR count). The minimum atomic E-state index is -0.373. The SMILES string of the molecule is Cc1cc(NC(=O)COc2ccc(F)cc2)n(-c2nc3cc4c(cc3s2)OCO4)n1. The Labute approximate surface area is 173 Å². The average Bonchev–Trinajstić information content (AvgIpc) is 3.43. The number of hydrogen-bond donors (Lipinski definition) is 1. The first-order chi connectivity index (χ1) is 14.5. The molecule has 0 unspecified atom stereocenters. The lowest BCUT2D eigenvalue weighted by Crippen LogP contribution is -2.21. The molecule has 10 heteroatoms. The highest BCUT2D eigenvalue weighted by Crippen LogP contribution is 2.38. The predicted octanol–water partition coefficient (Wildman–Crippen LogP) is 3.68. The lowest BCUT2D eigenvalue weighted by molar-refractivity contribution is -0.118. The van der Waals surface area contributed by atoms with E-state index in [0.29, 0.717) is 28.2 Å². The van der Waals surface area contributed by atoms with E-state index in [0.717, 1.165) is 15.9 Å². The molecule has 2 aromatic heterocycles. The molecule has 1 aliphatic rings. The number of ether oxygens (including phenoxy) is 3. The van der Waals surface area contributed by atoms with Gasteiger partial charge < -0.3 is 19.5 Å². The number of nitrogens with zero attached hydrogens (tertiary/aromatic N) is 3. The number of benzene rings is 2. The van der Waals surface area contributed by atoms with Gasteiger partial charge in [-0.05, 0) is 31.2 Å². The minimum Gasteiger partial charge on any atom is -0.484 e. The Morgan fingerprint density at radius 3 is 2.80 bits per heavy atom. The van der Waals surface area contributed by atoms with Crippen LogP contribution < -0.4 is 19.5 Å². The van der Waals surface area contributed by atoms with E-state index < -0.39 is 0 Å². The van der Waals surface area contributed by atoms with Gasteiger partial charge >= 0.3 is 0 Å². The summed E-state index contributed by atoms with van der Waals surface area (Å²) in [6.07, 6.45) is 0. The molecule has 0 radical (unpaired) electrons. The number of anilines is 1. The first-order valence-electron chi connectivity index (χ1n) is 9.00. The van der Waals surface area contributed by atoms with Crippen LogP contribution in [0.5, 0.6) is 17.2 Å². The van der Waals surface area contributed by atoms with Gasteiger partial charge in [-0.2, -0.15) is 9.78 Å². The van der Waals surface area contributed by atoms with Crippen molar-refractivity contribution in [3.8, 4) is 22.4 Å². The number of hydrogen-bond acceptors (Lipinski definition) is 7. The Bertz CT molecular complexity index is 1210. The van der Waals surface area contributed by atoms with E-state index in [4.69, 9.17) is 14.2 Å². The van der Waals surface area contributed by atoms with Gasteiger partial charge in [-0.1, -0.05) is 11.3 Å². The summed E-state index contributed by atoms with van der Waals surface area (Å²) in [5, 5.41) is 7.82. The third-order valence-corrected chi connectivity index (χ3v) is 5.33. The van der Waals surface area contributed by atoms with Crippen molar-refractivity contribution in [3.63, 3.8) is 0 Å². The molecule has 0 aliphatic carbocycles. The zero-order valence-corrected chi connectivity index (χ0v) is 16.5. The average molecular weight is 426 g/mol. The number of aromatic nitrogens is 3. The van der Waals surface area contributed by atoms with E-state index in [1.54, 1.807) is 10.7 Å². The molecule has 30 heavy (non-hydrogen) atoms. The van der Waals surface area contributed by atoms with E-state index in [1.807, 2.05) is 19.1 Å². The second-order valence-corrected chi connectivity index (χ2v) is 7.55. The van der Waals surface area contributed by atoms with Crippen molar-refractivity contribution in [1.82, 2.24) is 14.8 Å². The van der Waals surface area contributed by atoms with E-state index in [-0.39, 0.29) is 25.1 Å². The van der Waals surface area contributed by atoms with Gasteiger partial charge in [-0.25, -0.2) is 9.37 Å². The lowest BCUT2D eigenvalue weighted by atomic mass is 10.3. The van der Waals surface area contributed by atoms with Crippen LogP contribution in [0.2, 0.25) is 0 Å². The Morgan fingerprint density at radius 2 is 2.00 bits per heavy atom. The van der Waals surface area contributed by atoms with Crippen LogP contribution in [0.3, 0.4) is 0 Å². The zero-order valence-electron chi connectivity index (χ0n) is 15.7. The largest absolute Gasteiger partial charge is 0.484 e. The number of carbonyl (C=O) groups is 1. The van der Waals surface area contributed by atoms with Crippen LogP contribution in [0.1, 0.15) is 5.69 Å². The highest BCUT2D eigenvalue weighted by atomic mass is 32.1. The molecule has 0 saturated heterocycles. The van der Waals surface area contributed by atoms with Gasteiger partial charge in [0.1, 0.15) is 17.4 Å². The van der Waals surface area contributed by atoms with Crippen molar-refractivity contribution >= 4 is 33.3 Å². The number of aryl methyl sites for hydroxylation is 1. The number of fused-ring (bicyclic) bond motifs is 2. The van der Waals surface area contributed by atoms with E-state index >= 15 is 0 Å². The van der Waals surface area contributed by atoms with E-state index in [1.165, 1.54) is 35.6 Å². The Hall–Kier alpha value is -3.66. The smallest absolute Gasteiger partial charge is 0.263 e. The highest BCUT2D eigenvalue weighted by Gasteiger charge is 2.19. The summed E-state index contributed by atoms with van der Waals surface area (Å²) >= 11 is 1.42. The Kier molecular flexibility index (Phi) is 4.47. The molecule has 152 valence electrons. The van der Waals surface area contributed by atoms with Crippen LogP contribution >= 0.6 is 11.3 Å². The minimum absolute atomic E-state index is 0.202. The van der Waals surface area contributed by atoms with E-state index in [2.05, 4.69) is 15.4 Å². The maximum atomic E-state index is 13.0. The molecular weight excluding hydrogens is 411 g/mol. The van der Waals surface area contributed by atoms with Gasteiger partial charge in [0.05, 0.1) is 15.9 Å². The molecule has 8 nitrogen and oxygen atoms in total. The maximum Gasteiger partial charge on any atom is 0.263 e. The number of carbonyl (C=O) groups excluding carboxylic acids is 1. The summed E-state index contributed by atoms with van der Waals surface area (Å²) in [4.78, 5) is 17.0. The van der Waals surface area contributed by atoms with Gasteiger partial charge in [0.25, 0.3) is 5.91 Å². The quantitative estimate of drug-likeness (QED) is 0.524. The van der Waals surface area contributed by atoms with E-state index in [9.17, 15) is 9.18 Å². The lowest BCUT2D eigenvalue weighted by Gasteiger charge is -2.08. The number of nitrogens with one attached hydrogen (secondary N) is 1. The van der Waals surface area contributed by atoms with Crippen molar-refractivity contribution < 1.29 is 23.4 Å². The first kappa shape index (κ1) is 18.4. The highest BCUT2D eigenvalue weighted by molar-refractivity contribution is 7.20. The summed E-state index contributed by atoms with van der Waals surface area (Å²) in [5.41, 5.74) is 1.47. The molecule has 0 bridgehead atoms. The van der Waals surface area contributed by atoms with Crippen LogP contribution in [0, 0.1) is 12.7 Å². The Morgan fingerprint density at radius 1 is 1.23 bits per heavy atom. The predicted molar refractivity (Wildman–Crippen MR) is 108 cm³/mol. The number of thiazole rings is 1. The molecule has 1 N–H and O–H groups in total. The normalized spacial score (nSPS) is 12.3. The molecule has 1 aliphatic heterocycles. The summed E-state index contributed by atoms with van der Waals surface area (Å²) in [7, 11) is 0. The molecule has 0 saturated carbocycles. The topological polar surface area (TPSA) is 87.5 Å². The van der Waals surface area contributed by atoms with Crippen LogP contribution in [-0.4, -0.2) is 34.1 Å². The molecule has 1 amide bonds. The number of halogens is 1. The zero-order chi connectivity index (χ0) is 20.7. The van der Waals surface area contributed by atoms with Crippen LogP contribution in [-0.2, 0) is 4.79 Å².